The van der Waals surface area contributed by atoms with E-state index in [4.69, 9.17) is 0 Å². The first-order valence-electron chi connectivity index (χ1n) is 6.55. The van der Waals surface area contributed by atoms with Crippen LogP contribution in [0.1, 0.15) is 10.4 Å². The summed E-state index contributed by atoms with van der Waals surface area (Å²) in [6, 6.07) is 14.7. The highest BCUT2D eigenvalue weighted by molar-refractivity contribution is 6.00. The highest BCUT2D eigenvalue weighted by Crippen LogP contribution is 2.28. The van der Waals surface area contributed by atoms with Gasteiger partial charge in [0.05, 0.1) is 5.69 Å². The van der Waals surface area contributed by atoms with E-state index >= 15 is 0 Å². The molecule has 0 atom stereocenters. The van der Waals surface area contributed by atoms with Gasteiger partial charge in [0.2, 0.25) is 0 Å². The number of carbonyl (C=O) groups is 1. The molecule has 2 aromatic carbocycles. The van der Waals surface area contributed by atoms with Gasteiger partial charge in [-0.15, -0.1) is 0 Å². The quantitative estimate of drug-likeness (QED) is 0.686. The maximum atomic E-state index is 12.9. The lowest BCUT2D eigenvalue weighted by atomic mass is 10.1. The van der Waals surface area contributed by atoms with E-state index in [-0.39, 0.29) is 17.2 Å². The Morgan fingerprint density at radius 1 is 1.09 bits per heavy atom. The molecule has 6 heteroatoms. The number of aromatic amines is 1. The van der Waals surface area contributed by atoms with Crippen LogP contribution in [0.5, 0.6) is 0 Å². The normalized spacial score (nSPS) is 10.4. The summed E-state index contributed by atoms with van der Waals surface area (Å²) in [7, 11) is 0. The molecular formula is C16H12FN3O2. The highest BCUT2D eigenvalue weighted by Gasteiger charge is 2.21. The lowest BCUT2D eigenvalue weighted by Gasteiger charge is -2.05. The van der Waals surface area contributed by atoms with E-state index in [1.165, 1.54) is 24.3 Å². The second kappa shape index (κ2) is 5.69. The minimum atomic E-state index is -1.10. The van der Waals surface area contributed by atoms with Crippen LogP contribution in [0.3, 0.4) is 0 Å². The van der Waals surface area contributed by atoms with Gasteiger partial charge in [-0.1, -0.05) is 30.3 Å². The van der Waals surface area contributed by atoms with Gasteiger partial charge in [0.15, 0.2) is 5.82 Å². The first kappa shape index (κ1) is 13.8. The number of carboxylic acid groups (broad SMARTS) is 1. The number of H-pyrrole nitrogens is 1. The molecule has 22 heavy (non-hydrogen) atoms. The molecule has 3 aromatic rings. The van der Waals surface area contributed by atoms with Gasteiger partial charge in [-0.2, -0.15) is 5.10 Å². The number of aromatic nitrogens is 2. The number of nitrogens with zero attached hydrogens (tertiary/aromatic N) is 1. The largest absolute Gasteiger partial charge is 0.477 e. The number of hydrogen-bond acceptors (Lipinski definition) is 3. The molecule has 0 radical (unpaired) electrons. The van der Waals surface area contributed by atoms with E-state index in [1.807, 2.05) is 18.2 Å². The van der Waals surface area contributed by atoms with Gasteiger partial charge in [-0.3, -0.25) is 5.10 Å². The predicted octanol–water partition coefficient (Wildman–Crippen LogP) is 3.66. The Balaban J connectivity index is 2.00. The third-order valence-electron chi connectivity index (χ3n) is 3.15. The molecule has 0 bridgehead atoms. The number of benzene rings is 2. The number of hydrogen-bond donors (Lipinski definition) is 3. The summed E-state index contributed by atoms with van der Waals surface area (Å²) < 4.78 is 12.9. The molecule has 0 amide bonds. The SMILES string of the molecule is O=C(O)c1c(Nc2ccc(F)cc2)n[nH]c1-c1ccccc1. The Bertz CT molecular complexity index is 798. The Labute approximate surface area is 125 Å². The summed E-state index contributed by atoms with van der Waals surface area (Å²) in [5.74, 6) is -1.29. The maximum Gasteiger partial charge on any atom is 0.341 e. The van der Waals surface area contributed by atoms with Crippen molar-refractivity contribution >= 4 is 17.5 Å². The standard InChI is InChI=1S/C16H12FN3O2/c17-11-6-8-12(9-7-11)18-15-13(16(21)22)14(19-20-15)10-4-2-1-3-5-10/h1-9H,(H,21,22)(H2,18,19,20). The minimum absolute atomic E-state index is 0.0375. The third kappa shape index (κ3) is 2.67. The Morgan fingerprint density at radius 3 is 2.41 bits per heavy atom. The van der Waals surface area contributed by atoms with Crippen molar-refractivity contribution < 1.29 is 14.3 Å². The molecule has 3 N–H and O–H groups in total. The van der Waals surface area contributed by atoms with Crippen LogP contribution < -0.4 is 5.32 Å². The van der Waals surface area contributed by atoms with Crippen LogP contribution in [-0.2, 0) is 0 Å². The smallest absolute Gasteiger partial charge is 0.341 e. The second-order valence-electron chi connectivity index (χ2n) is 4.63. The predicted molar refractivity (Wildman–Crippen MR) is 80.7 cm³/mol. The van der Waals surface area contributed by atoms with Crippen LogP contribution in [0, 0.1) is 5.82 Å². The van der Waals surface area contributed by atoms with E-state index in [1.54, 1.807) is 12.1 Å². The Morgan fingerprint density at radius 2 is 1.77 bits per heavy atom. The van der Waals surface area contributed by atoms with Gasteiger partial charge in [0.1, 0.15) is 11.4 Å². The molecule has 0 aliphatic heterocycles. The molecular weight excluding hydrogens is 285 g/mol. The lowest BCUT2D eigenvalue weighted by Crippen LogP contribution is -2.02. The molecule has 0 saturated heterocycles. The maximum absolute atomic E-state index is 12.9. The zero-order valence-corrected chi connectivity index (χ0v) is 11.4. The summed E-state index contributed by atoms with van der Waals surface area (Å²) >= 11 is 0. The summed E-state index contributed by atoms with van der Waals surface area (Å²) in [4.78, 5) is 11.6. The molecule has 1 heterocycles. The van der Waals surface area contributed by atoms with Crippen molar-refractivity contribution in [2.24, 2.45) is 0 Å². The van der Waals surface area contributed by atoms with E-state index in [0.29, 0.717) is 11.4 Å². The van der Waals surface area contributed by atoms with Crippen molar-refractivity contribution in [1.29, 1.82) is 0 Å². The van der Waals surface area contributed by atoms with Gasteiger partial charge in [0, 0.05) is 11.3 Å². The van der Waals surface area contributed by atoms with Crippen molar-refractivity contribution in [3.63, 3.8) is 0 Å². The molecule has 3 rings (SSSR count). The van der Waals surface area contributed by atoms with E-state index in [0.717, 1.165) is 5.56 Å². The van der Waals surface area contributed by atoms with Crippen molar-refractivity contribution in [3.8, 4) is 11.3 Å². The van der Waals surface area contributed by atoms with Gasteiger partial charge in [-0.25, -0.2) is 9.18 Å². The first-order valence-corrected chi connectivity index (χ1v) is 6.55. The summed E-state index contributed by atoms with van der Waals surface area (Å²) in [6.45, 7) is 0. The fourth-order valence-corrected chi connectivity index (χ4v) is 2.12. The minimum Gasteiger partial charge on any atom is -0.477 e. The van der Waals surface area contributed by atoms with Crippen LogP contribution >= 0.6 is 0 Å². The molecule has 0 fully saturated rings. The summed E-state index contributed by atoms with van der Waals surface area (Å²) in [6.07, 6.45) is 0. The van der Waals surface area contributed by atoms with Crippen molar-refractivity contribution in [2.45, 2.75) is 0 Å². The fraction of sp³-hybridized carbons (Fsp3) is 0. The Hall–Kier alpha value is -3.15. The van der Waals surface area contributed by atoms with E-state index in [2.05, 4.69) is 15.5 Å². The van der Waals surface area contributed by atoms with Crippen molar-refractivity contribution in [2.75, 3.05) is 5.32 Å². The highest BCUT2D eigenvalue weighted by atomic mass is 19.1. The molecule has 110 valence electrons. The molecule has 5 nitrogen and oxygen atoms in total. The van der Waals surface area contributed by atoms with E-state index in [9.17, 15) is 14.3 Å². The lowest BCUT2D eigenvalue weighted by molar-refractivity contribution is 0.0699. The van der Waals surface area contributed by atoms with Crippen LogP contribution in [0.2, 0.25) is 0 Å². The second-order valence-corrected chi connectivity index (χ2v) is 4.63. The number of anilines is 2. The average molecular weight is 297 g/mol. The van der Waals surface area contributed by atoms with Crippen molar-refractivity contribution in [3.05, 3.63) is 66.0 Å². The van der Waals surface area contributed by atoms with E-state index < -0.39 is 5.97 Å². The average Bonchev–Trinajstić information content (AvgIpc) is 2.94. The molecule has 1 aromatic heterocycles. The van der Waals surface area contributed by atoms with Crippen molar-refractivity contribution in [1.82, 2.24) is 10.2 Å². The van der Waals surface area contributed by atoms with Crippen LogP contribution in [0.25, 0.3) is 11.3 Å². The monoisotopic (exact) mass is 297 g/mol. The topological polar surface area (TPSA) is 78.0 Å². The number of rotatable bonds is 4. The molecule has 0 aliphatic rings. The summed E-state index contributed by atoms with van der Waals surface area (Å²) in [5.41, 5.74) is 1.72. The zero-order valence-electron chi connectivity index (χ0n) is 11.4. The van der Waals surface area contributed by atoms with Gasteiger partial charge >= 0.3 is 5.97 Å². The number of nitrogens with one attached hydrogen (secondary N) is 2. The molecule has 0 unspecified atom stereocenters. The fourth-order valence-electron chi connectivity index (χ4n) is 2.12. The number of carboxylic acids is 1. The number of aromatic carboxylic acids is 1. The van der Waals surface area contributed by atoms with Crippen LogP contribution in [0.4, 0.5) is 15.9 Å². The zero-order chi connectivity index (χ0) is 15.5. The third-order valence-corrected chi connectivity index (χ3v) is 3.15. The van der Waals surface area contributed by atoms with Gasteiger partial charge in [-0.05, 0) is 24.3 Å². The molecule has 0 spiro atoms. The van der Waals surface area contributed by atoms with Gasteiger partial charge < -0.3 is 10.4 Å². The number of halogens is 1. The van der Waals surface area contributed by atoms with Crippen LogP contribution in [0.15, 0.2) is 54.6 Å². The summed E-state index contributed by atoms with van der Waals surface area (Å²) in [5, 5.41) is 19.1. The molecule has 0 aliphatic carbocycles. The first-order chi connectivity index (χ1) is 10.6. The van der Waals surface area contributed by atoms with Crippen LogP contribution in [-0.4, -0.2) is 21.3 Å². The molecule has 0 saturated carbocycles. The van der Waals surface area contributed by atoms with Gasteiger partial charge in [0.25, 0.3) is 0 Å². The Kier molecular flexibility index (Phi) is 3.57.